The van der Waals surface area contributed by atoms with Crippen LogP contribution in [0.25, 0.3) is 22.3 Å². The molecule has 6 aromatic carbocycles. The first-order chi connectivity index (χ1) is 20.1. The minimum Gasteiger partial charge on any atom is -0.355 e. The maximum Gasteiger partial charge on any atom is 0.0713 e. The molecule has 0 bridgehead atoms. The third kappa shape index (κ3) is 3.30. The Kier molecular flexibility index (Phi) is 5.15. The van der Waals surface area contributed by atoms with Crippen molar-refractivity contribution in [1.29, 1.82) is 0 Å². The smallest absolute Gasteiger partial charge is 0.0713 e. The zero-order valence-electron chi connectivity index (χ0n) is 23.4. The van der Waals surface area contributed by atoms with Gasteiger partial charge in [0.25, 0.3) is 0 Å². The maximum atomic E-state index is 3.74. The fraction of sp³-hybridized carbons (Fsp3) is 0.100. The van der Waals surface area contributed by atoms with Crippen molar-refractivity contribution in [3.8, 4) is 22.3 Å². The summed E-state index contributed by atoms with van der Waals surface area (Å²) in [6, 6.07) is 53.5. The molecule has 2 aliphatic carbocycles. The summed E-state index contributed by atoms with van der Waals surface area (Å²) in [6.07, 6.45) is 0. The molecule has 1 nitrogen and oxygen atoms in total. The molecule has 1 heteroatoms. The second-order valence-corrected chi connectivity index (χ2v) is 11.8. The first kappa shape index (κ1) is 24.0. The summed E-state index contributed by atoms with van der Waals surface area (Å²) in [7, 11) is 0. The van der Waals surface area contributed by atoms with E-state index in [1.54, 1.807) is 0 Å². The van der Waals surface area contributed by atoms with Crippen LogP contribution < -0.4 is 5.32 Å². The highest BCUT2D eigenvalue weighted by Gasteiger charge is 2.47. The van der Waals surface area contributed by atoms with Gasteiger partial charge >= 0.3 is 0 Å². The Labute approximate surface area is 242 Å². The van der Waals surface area contributed by atoms with Gasteiger partial charge in [0.1, 0.15) is 0 Å². The minimum atomic E-state index is -0.405. The van der Waals surface area contributed by atoms with Crippen molar-refractivity contribution in [3.63, 3.8) is 0 Å². The molecule has 1 N–H and O–H groups in total. The van der Waals surface area contributed by atoms with Crippen LogP contribution in [0.4, 0.5) is 11.4 Å². The summed E-state index contributed by atoms with van der Waals surface area (Å²) in [4.78, 5) is 0. The lowest BCUT2D eigenvalue weighted by Gasteiger charge is -2.34. The standard InChI is InChI=1S/C40H31N/c1-39(2)33-25-24-28(26-32(33)38-36(39)22-13-23-37(38)41-29-16-7-4-8-17-29)40(27-14-5-3-6-15-27)34-20-11-9-18-30(34)31-19-10-12-21-35(31)40/h3-26,41H,1-2H3. The Morgan fingerprint density at radius 1 is 0.439 bits per heavy atom. The lowest BCUT2D eigenvalue weighted by atomic mass is 9.67. The van der Waals surface area contributed by atoms with E-state index < -0.39 is 5.41 Å². The zero-order chi connectivity index (χ0) is 27.6. The van der Waals surface area contributed by atoms with E-state index in [1.807, 2.05) is 0 Å². The van der Waals surface area contributed by atoms with Gasteiger partial charge in [-0.2, -0.15) is 0 Å². The van der Waals surface area contributed by atoms with E-state index in [1.165, 1.54) is 55.6 Å². The molecule has 0 fully saturated rings. The molecule has 0 atom stereocenters. The molecular formula is C40H31N. The molecule has 0 radical (unpaired) electrons. The summed E-state index contributed by atoms with van der Waals surface area (Å²) < 4.78 is 0. The third-order valence-corrected chi connectivity index (χ3v) is 9.34. The van der Waals surface area contributed by atoms with Crippen molar-refractivity contribution in [3.05, 3.63) is 179 Å². The molecule has 0 saturated carbocycles. The Morgan fingerprint density at radius 3 is 1.71 bits per heavy atom. The molecule has 0 aliphatic heterocycles. The fourth-order valence-electron chi connectivity index (χ4n) is 7.53. The Balaban J connectivity index is 1.43. The Morgan fingerprint density at radius 2 is 1.02 bits per heavy atom. The van der Waals surface area contributed by atoms with E-state index in [9.17, 15) is 0 Å². The summed E-state index contributed by atoms with van der Waals surface area (Å²) in [5.74, 6) is 0. The molecule has 8 rings (SSSR count). The lowest BCUT2D eigenvalue weighted by molar-refractivity contribution is 0.659. The van der Waals surface area contributed by atoms with Crippen LogP contribution in [0.2, 0.25) is 0 Å². The number of hydrogen-bond donors (Lipinski definition) is 1. The number of benzene rings is 6. The van der Waals surface area contributed by atoms with Gasteiger partial charge in [0.15, 0.2) is 0 Å². The van der Waals surface area contributed by atoms with Gasteiger partial charge in [0.2, 0.25) is 0 Å². The number of para-hydroxylation sites is 1. The van der Waals surface area contributed by atoms with E-state index in [0.29, 0.717) is 0 Å². The summed E-state index contributed by atoms with van der Waals surface area (Å²) in [5, 5.41) is 3.74. The number of hydrogen-bond acceptors (Lipinski definition) is 1. The van der Waals surface area contributed by atoms with Crippen LogP contribution in [0.1, 0.15) is 47.2 Å². The van der Waals surface area contributed by atoms with E-state index in [-0.39, 0.29) is 5.41 Å². The van der Waals surface area contributed by atoms with Gasteiger partial charge in [-0.05, 0) is 74.3 Å². The van der Waals surface area contributed by atoms with Gasteiger partial charge in [-0.25, -0.2) is 0 Å². The van der Waals surface area contributed by atoms with Crippen molar-refractivity contribution in [1.82, 2.24) is 0 Å². The van der Waals surface area contributed by atoms with E-state index in [0.717, 1.165) is 11.4 Å². The number of nitrogens with one attached hydrogen (secondary N) is 1. The van der Waals surface area contributed by atoms with Crippen LogP contribution in [0.3, 0.4) is 0 Å². The van der Waals surface area contributed by atoms with Crippen LogP contribution in [-0.2, 0) is 10.8 Å². The molecule has 0 unspecified atom stereocenters. The first-order valence-corrected chi connectivity index (χ1v) is 14.5. The second-order valence-electron chi connectivity index (χ2n) is 11.8. The summed E-state index contributed by atoms with van der Waals surface area (Å²) in [6.45, 7) is 4.72. The predicted octanol–water partition coefficient (Wildman–Crippen LogP) is 10.1. The molecule has 6 aromatic rings. The van der Waals surface area contributed by atoms with Crippen LogP contribution in [0.5, 0.6) is 0 Å². The normalized spacial score (nSPS) is 15.0. The number of anilines is 2. The average molecular weight is 526 g/mol. The van der Waals surface area contributed by atoms with Crippen molar-refractivity contribution in [2.24, 2.45) is 0 Å². The Bertz CT molecular complexity index is 1890. The summed E-state index contributed by atoms with van der Waals surface area (Å²) >= 11 is 0. The summed E-state index contributed by atoms with van der Waals surface area (Å²) in [5.41, 5.74) is 15.1. The highest BCUT2D eigenvalue weighted by molar-refractivity contribution is 5.93. The number of fused-ring (bicyclic) bond motifs is 6. The maximum absolute atomic E-state index is 3.74. The van der Waals surface area contributed by atoms with Crippen molar-refractivity contribution >= 4 is 11.4 Å². The average Bonchev–Trinajstić information content (AvgIpc) is 3.45. The largest absolute Gasteiger partial charge is 0.355 e. The quantitative estimate of drug-likeness (QED) is 0.241. The molecule has 196 valence electrons. The van der Waals surface area contributed by atoms with Gasteiger partial charge in [-0.1, -0.05) is 135 Å². The van der Waals surface area contributed by atoms with Gasteiger partial charge < -0.3 is 5.32 Å². The monoisotopic (exact) mass is 525 g/mol. The van der Waals surface area contributed by atoms with Crippen molar-refractivity contribution < 1.29 is 0 Å². The van der Waals surface area contributed by atoms with Gasteiger partial charge in [0, 0.05) is 22.4 Å². The minimum absolute atomic E-state index is 0.0943. The van der Waals surface area contributed by atoms with Crippen LogP contribution >= 0.6 is 0 Å². The molecular weight excluding hydrogens is 494 g/mol. The van der Waals surface area contributed by atoms with Crippen LogP contribution in [0.15, 0.2) is 146 Å². The predicted molar refractivity (Wildman–Crippen MR) is 171 cm³/mol. The second kappa shape index (κ2) is 8.81. The molecule has 2 aliphatic rings. The zero-order valence-corrected chi connectivity index (χ0v) is 23.4. The fourth-order valence-corrected chi connectivity index (χ4v) is 7.53. The molecule has 0 amide bonds. The van der Waals surface area contributed by atoms with E-state index in [2.05, 4.69) is 165 Å². The van der Waals surface area contributed by atoms with Crippen LogP contribution in [-0.4, -0.2) is 0 Å². The van der Waals surface area contributed by atoms with Gasteiger partial charge in [-0.3, -0.25) is 0 Å². The highest BCUT2D eigenvalue weighted by Crippen LogP contribution is 2.58. The van der Waals surface area contributed by atoms with Crippen LogP contribution in [0, 0.1) is 0 Å². The Hall–Kier alpha value is -4.88. The molecule has 0 aromatic heterocycles. The molecule has 41 heavy (non-hydrogen) atoms. The van der Waals surface area contributed by atoms with Crippen molar-refractivity contribution in [2.45, 2.75) is 24.7 Å². The SMILES string of the molecule is CC1(C)c2ccc(C3(c4ccccc4)c4ccccc4-c4ccccc43)cc2-c2c(Nc3ccccc3)cccc21. The molecule has 0 heterocycles. The first-order valence-electron chi connectivity index (χ1n) is 14.5. The number of rotatable bonds is 4. The highest BCUT2D eigenvalue weighted by atomic mass is 14.9. The molecule has 0 saturated heterocycles. The van der Waals surface area contributed by atoms with Gasteiger partial charge in [0.05, 0.1) is 5.41 Å². The third-order valence-electron chi connectivity index (χ3n) is 9.34. The van der Waals surface area contributed by atoms with Crippen molar-refractivity contribution in [2.75, 3.05) is 5.32 Å². The van der Waals surface area contributed by atoms with Gasteiger partial charge in [-0.15, -0.1) is 0 Å². The molecule has 0 spiro atoms. The topological polar surface area (TPSA) is 12.0 Å². The van der Waals surface area contributed by atoms with E-state index >= 15 is 0 Å². The van der Waals surface area contributed by atoms with E-state index in [4.69, 9.17) is 0 Å². The lowest BCUT2D eigenvalue weighted by Crippen LogP contribution is -2.28.